The summed E-state index contributed by atoms with van der Waals surface area (Å²) in [6.45, 7) is 9.98. The van der Waals surface area contributed by atoms with E-state index in [9.17, 15) is 0 Å². The van der Waals surface area contributed by atoms with Crippen molar-refractivity contribution in [1.82, 2.24) is 4.98 Å². The van der Waals surface area contributed by atoms with E-state index in [0.717, 1.165) is 12.4 Å². The van der Waals surface area contributed by atoms with E-state index in [1.165, 1.54) is 12.0 Å². The molecule has 1 aliphatic heterocycles. The van der Waals surface area contributed by atoms with Gasteiger partial charge in [-0.3, -0.25) is 0 Å². The Hall–Kier alpha value is -0.760. The van der Waals surface area contributed by atoms with Crippen molar-refractivity contribution in [3.63, 3.8) is 0 Å². The smallest absolute Gasteiger partial charge is 0.128 e. The summed E-state index contributed by atoms with van der Waals surface area (Å²) in [6, 6.07) is 4.76. The molecule has 2 unspecified atom stereocenters. The molecule has 3 heteroatoms. The Balaban J connectivity index is 2.20. The van der Waals surface area contributed by atoms with Crippen molar-refractivity contribution in [2.24, 2.45) is 5.92 Å². The minimum Gasteiger partial charge on any atom is -0.352 e. The molecule has 1 fully saturated rings. The minimum absolute atomic E-state index is 0.162. The number of nitrogens with zero attached hydrogens (tertiary/aromatic N) is 2. The first-order valence-corrected chi connectivity index (χ1v) is 7.26. The Kier molecular flexibility index (Phi) is 3.86. The third-order valence-corrected chi connectivity index (χ3v) is 4.26. The number of alkyl halides is 1. The first-order chi connectivity index (χ1) is 8.43. The summed E-state index contributed by atoms with van der Waals surface area (Å²) in [7, 11) is 0. The minimum atomic E-state index is 0.162. The first kappa shape index (κ1) is 13.7. The molecule has 0 amide bonds. The number of halogens is 1. The van der Waals surface area contributed by atoms with Gasteiger partial charge in [-0.05, 0) is 29.4 Å². The Labute approximate surface area is 115 Å². The highest BCUT2D eigenvalue weighted by atomic mass is 35.5. The predicted octanol–water partition coefficient (Wildman–Crippen LogP) is 3.83. The fourth-order valence-corrected chi connectivity index (χ4v) is 3.00. The third-order valence-electron chi connectivity index (χ3n) is 3.95. The third kappa shape index (κ3) is 2.64. The highest BCUT2D eigenvalue weighted by molar-refractivity contribution is 6.18. The summed E-state index contributed by atoms with van der Waals surface area (Å²) in [5.41, 5.74) is 1.44. The van der Waals surface area contributed by atoms with Crippen LogP contribution in [0, 0.1) is 5.92 Å². The van der Waals surface area contributed by atoms with Gasteiger partial charge in [-0.1, -0.05) is 33.8 Å². The Morgan fingerprint density at radius 1 is 1.39 bits per heavy atom. The average Bonchev–Trinajstić information content (AvgIpc) is 2.69. The van der Waals surface area contributed by atoms with Gasteiger partial charge in [0.15, 0.2) is 0 Å². The fraction of sp³-hybridized carbons (Fsp3) is 0.667. The van der Waals surface area contributed by atoms with Crippen molar-refractivity contribution in [1.29, 1.82) is 0 Å². The molecular formula is C15H23ClN2. The van der Waals surface area contributed by atoms with Crippen LogP contribution in [-0.2, 0) is 5.41 Å². The molecule has 1 aliphatic rings. The summed E-state index contributed by atoms with van der Waals surface area (Å²) < 4.78 is 0. The van der Waals surface area contributed by atoms with E-state index in [-0.39, 0.29) is 5.41 Å². The lowest BCUT2D eigenvalue weighted by Crippen LogP contribution is -2.34. The van der Waals surface area contributed by atoms with Crippen LogP contribution >= 0.6 is 11.6 Å². The number of hydrogen-bond donors (Lipinski definition) is 0. The van der Waals surface area contributed by atoms with Crippen molar-refractivity contribution in [3.8, 4) is 0 Å². The van der Waals surface area contributed by atoms with Crippen molar-refractivity contribution in [2.45, 2.75) is 45.6 Å². The van der Waals surface area contributed by atoms with Gasteiger partial charge in [0.2, 0.25) is 0 Å². The van der Waals surface area contributed by atoms with E-state index in [4.69, 9.17) is 11.6 Å². The van der Waals surface area contributed by atoms with Crippen molar-refractivity contribution in [2.75, 3.05) is 17.3 Å². The highest BCUT2D eigenvalue weighted by Gasteiger charge is 2.31. The van der Waals surface area contributed by atoms with Gasteiger partial charge in [0.25, 0.3) is 0 Å². The zero-order valence-electron chi connectivity index (χ0n) is 11.8. The zero-order valence-corrected chi connectivity index (χ0v) is 12.5. The summed E-state index contributed by atoms with van der Waals surface area (Å²) in [4.78, 5) is 6.98. The molecule has 2 rings (SSSR count). The number of pyridine rings is 1. The number of rotatable bonds is 2. The fourth-order valence-electron chi connectivity index (χ4n) is 2.53. The van der Waals surface area contributed by atoms with Crippen molar-refractivity contribution in [3.05, 3.63) is 23.9 Å². The quantitative estimate of drug-likeness (QED) is 0.757. The van der Waals surface area contributed by atoms with Crippen LogP contribution in [0.1, 0.15) is 39.7 Å². The van der Waals surface area contributed by atoms with Crippen LogP contribution in [0.15, 0.2) is 18.3 Å². The lowest BCUT2D eigenvalue weighted by atomic mass is 9.88. The molecule has 0 bridgehead atoms. The van der Waals surface area contributed by atoms with Gasteiger partial charge in [-0.15, -0.1) is 11.6 Å². The molecular weight excluding hydrogens is 244 g/mol. The molecule has 0 aromatic carbocycles. The Morgan fingerprint density at radius 3 is 2.61 bits per heavy atom. The van der Waals surface area contributed by atoms with Crippen LogP contribution in [0.2, 0.25) is 0 Å². The summed E-state index contributed by atoms with van der Waals surface area (Å²) >= 11 is 6.08. The zero-order chi connectivity index (χ0) is 13.3. The maximum atomic E-state index is 6.08. The van der Waals surface area contributed by atoms with Gasteiger partial charge in [-0.25, -0.2) is 4.98 Å². The second-order valence-electron chi connectivity index (χ2n) is 6.34. The van der Waals surface area contributed by atoms with Crippen LogP contribution in [0.4, 0.5) is 5.82 Å². The predicted molar refractivity (Wildman–Crippen MR) is 78.6 cm³/mol. The summed E-state index contributed by atoms with van der Waals surface area (Å²) in [5.74, 6) is 2.41. The van der Waals surface area contributed by atoms with E-state index in [1.807, 2.05) is 6.20 Å². The molecule has 18 heavy (non-hydrogen) atoms. The van der Waals surface area contributed by atoms with Gasteiger partial charge in [0.1, 0.15) is 5.82 Å². The van der Waals surface area contributed by atoms with Crippen LogP contribution in [0.25, 0.3) is 0 Å². The Bertz CT molecular complexity index is 394. The van der Waals surface area contributed by atoms with Crippen molar-refractivity contribution < 1.29 is 0 Å². The molecule has 0 radical (unpaired) electrons. The van der Waals surface area contributed by atoms with Crippen LogP contribution in [0.5, 0.6) is 0 Å². The molecule has 100 valence electrons. The molecule has 0 aliphatic carbocycles. The van der Waals surface area contributed by atoms with E-state index >= 15 is 0 Å². The van der Waals surface area contributed by atoms with Crippen LogP contribution in [0.3, 0.4) is 0 Å². The van der Waals surface area contributed by atoms with Crippen molar-refractivity contribution >= 4 is 17.4 Å². The van der Waals surface area contributed by atoms with Gasteiger partial charge in [-0.2, -0.15) is 0 Å². The normalized spacial score (nSPS) is 24.6. The molecule has 0 N–H and O–H groups in total. The average molecular weight is 267 g/mol. The topological polar surface area (TPSA) is 16.1 Å². The van der Waals surface area contributed by atoms with E-state index < -0.39 is 0 Å². The second kappa shape index (κ2) is 5.08. The summed E-state index contributed by atoms with van der Waals surface area (Å²) in [5, 5.41) is 0. The van der Waals surface area contributed by atoms with Gasteiger partial charge < -0.3 is 4.90 Å². The molecule has 1 aromatic rings. The first-order valence-electron chi connectivity index (χ1n) is 6.72. The second-order valence-corrected chi connectivity index (χ2v) is 6.64. The standard InChI is InChI=1S/C15H23ClN2/c1-11-7-8-18(13(11)9-16)14-6-5-12(10-17-14)15(2,3)4/h5-6,10-11,13H,7-9H2,1-4H3. The van der Waals surface area contributed by atoms with Gasteiger partial charge >= 0.3 is 0 Å². The lowest BCUT2D eigenvalue weighted by Gasteiger charge is -2.27. The largest absolute Gasteiger partial charge is 0.352 e. The molecule has 2 nitrogen and oxygen atoms in total. The SMILES string of the molecule is CC1CCN(c2ccc(C(C)(C)C)cn2)C1CCl. The van der Waals surface area contributed by atoms with E-state index in [1.54, 1.807) is 0 Å². The van der Waals surface area contributed by atoms with Gasteiger partial charge in [0.05, 0.1) is 0 Å². The molecule has 0 saturated carbocycles. The summed E-state index contributed by atoms with van der Waals surface area (Å²) in [6.07, 6.45) is 3.21. The van der Waals surface area contributed by atoms with Crippen LogP contribution in [-0.4, -0.2) is 23.5 Å². The maximum absolute atomic E-state index is 6.08. The molecule has 1 aromatic heterocycles. The number of anilines is 1. The van der Waals surface area contributed by atoms with Gasteiger partial charge in [0, 0.05) is 24.7 Å². The molecule has 2 heterocycles. The lowest BCUT2D eigenvalue weighted by molar-refractivity contribution is 0.548. The van der Waals surface area contributed by atoms with E-state index in [2.05, 4.69) is 49.7 Å². The molecule has 1 saturated heterocycles. The number of hydrogen-bond acceptors (Lipinski definition) is 2. The monoisotopic (exact) mass is 266 g/mol. The molecule has 0 spiro atoms. The Morgan fingerprint density at radius 2 is 2.11 bits per heavy atom. The van der Waals surface area contributed by atoms with Crippen LogP contribution < -0.4 is 4.90 Å². The highest BCUT2D eigenvalue weighted by Crippen LogP contribution is 2.30. The number of aromatic nitrogens is 1. The van der Waals surface area contributed by atoms with E-state index in [0.29, 0.717) is 17.8 Å². The maximum Gasteiger partial charge on any atom is 0.128 e. The molecule has 2 atom stereocenters.